The number of hydrogen-bond donors (Lipinski definition) is 1. The van der Waals surface area contributed by atoms with Crippen LogP contribution in [-0.4, -0.2) is 40.6 Å². The molecule has 4 heterocycles. The van der Waals surface area contributed by atoms with Crippen molar-refractivity contribution in [2.24, 2.45) is 5.92 Å². The van der Waals surface area contributed by atoms with Crippen LogP contribution in [0.5, 0.6) is 0 Å². The lowest BCUT2D eigenvalue weighted by Crippen LogP contribution is -2.26. The number of halogens is 4. The van der Waals surface area contributed by atoms with Crippen LogP contribution in [0, 0.1) is 5.92 Å². The molecular weight excluding hydrogens is 597 g/mol. The number of carbonyl (C=O) groups excluding carboxylic acids is 1. The number of nitrogens with one attached hydrogen (secondary N) is 1. The molecule has 0 radical (unpaired) electrons. The lowest BCUT2D eigenvalue weighted by Gasteiger charge is -2.23. The largest absolute Gasteiger partial charge is 0.436 e. The number of benzene rings is 2. The Hall–Kier alpha value is -4.91. The summed E-state index contributed by atoms with van der Waals surface area (Å²) in [6.45, 7) is 1.85. The summed E-state index contributed by atoms with van der Waals surface area (Å²) in [6.07, 6.45) is 2.37. The topological polar surface area (TPSA) is 120 Å². The van der Waals surface area contributed by atoms with Crippen molar-refractivity contribution in [2.75, 3.05) is 5.32 Å². The second-order valence-electron chi connectivity index (χ2n) is 10.5. The fraction of sp³-hybridized carbons (Fsp3) is 0.233. The molecule has 0 saturated heterocycles. The minimum absolute atomic E-state index is 0.136. The zero-order chi connectivity index (χ0) is 31.0. The van der Waals surface area contributed by atoms with Crippen LogP contribution in [0.15, 0.2) is 78.2 Å². The van der Waals surface area contributed by atoms with Gasteiger partial charge in [-0.3, -0.25) is 14.2 Å². The van der Waals surface area contributed by atoms with E-state index in [2.05, 4.69) is 30.8 Å². The summed E-state index contributed by atoms with van der Waals surface area (Å²) in [5.74, 6) is -0.426. The Bertz CT molecular complexity index is 1920. The minimum atomic E-state index is -4.68. The summed E-state index contributed by atoms with van der Waals surface area (Å²) < 4.78 is 42.1. The van der Waals surface area contributed by atoms with E-state index < -0.39 is 17.9 Å². The van der Waals surface area contributed by atoms with Crippen LogP contribution >= 0.6 is 11.6 Å². The molecular formula is C30H24ClF3N8O2. The van der Waals surface area contributed by atoms with Gasteiger partial charge in [0.2, 0.25) is 5.91 Å². The lowest BCUT2D eigenvalue weighted by molar-refractivity contribution is -0.141. The van der Waals surface area contributed by atoms with Gasteiger partial charge in [0.05, 0.1) is 48.0 Å². The van der Waals surface area contributed by atoms with Crippen molar-refractivity contribution < 1.29 is 18.0 Å². The molecule has 3 aromatic heterocycles. The van der Waals surface area contributed by atoms with Crippen molar-refractivity contribution in [1.29, 1.82) is 0 Å². The molecule has 14 heteroatoms. The highest BCUT2D eigenvalue weighted by molar-refractivity contribution is 6.31. The molecule has 0 aliphatic carbocycles. The first kappa shape index (κ1) is 29.2. The van der Waals surface area contributed by atoms with Gasteiger partial charge in [-0.2, -0.15) is 23.4 Å². The molecule has 0 spiro atoms. The van der Waals surface area contributed by atoms with E-state index in [1.807, 2.05) is 31.2 Å². The Labute approximate surface area is 253 Å². The summed E-state index contributed by atoms with van der Waals surface area (Å²) in [7, 11) is 0. The number of alkyl halides is 3. The molecule has 0 fully saturated rings. The smallest absolute Gasteiger partial charge is 0.324 e. The zero-order valence-corrected chi connectivity index (χ0v) is 23.9. The van der Waals surface area contributed by atoms with E-state index in [0.717, 1.165) is 22.0 Å². The normalized spacial score (nSPS) is 17.2. The first-order valence-electron chi connectivity index (χ1n) is 13.7. The average molecular weight is 621 g/mol. The van der Waals surface area contributed by atoms with Crippen LogP contribution < -0.4 is 10.9 Å². The van der Waals surface area contributed by atoms with Crippen molar-refractivity contribution in [1.82, 2.24) is 34.7 Å². The number of nitrogens with zero attached hydrogens (tertiary/aromatic N) is 7. The van der Waals surface area contributed by atoms with Crippen LogP contribution in [0.1, 0.15) is 43.5 Å². The van der Waals surface area contributed by atoms with E-state index in [-0.39, 0.29) is 28.8 Å². The molecule has 2 atom stereocenters. The first-order valence-corrected chi connectivity index (χ1v) is 14.1. The monoisotopic (exact) mass is 620 g/mol. The van der Waals surface area contributed by atoms with Gasteiger partial charge in [0.15, 0.2) is 5.69 Å². The van der Waals surface area contributed by atoms with Gasteiger partial charge >= 0.3 is 6.18 Å². The molecule has 5 aromatic rings. The van der Waals surface area contributed by atoms with Gasteiger partial charge in [-0.05, 0) is 48.2 Å². The van der Waals surface area contributed by atoms with Crippen LogP contribution in [0.2, 0.25) is 5.02 Å². The Kier molecular flexibility index (Phi) is 7.72. The molecule has 0 unspecified atom stereocenters. The van der Waals surface area contributed by atoms with Crippen molar-refractivity contribution in [3.05, 3.63) is 100 Å². The number of amides is 1. The number of hydrogen-bond acceptors (Lipinski definition) is 7. The van der Waals surface area contributed by atoms with Gasteiger partial charge < -0.3 is 5.32 Å². The van der Waals surface area contributed by atoms with Crippen molar-refractivity contribution in [3.63, 3.8) is 0 Å². The summed E-state index contributed by atoms with van der Waals surface area (Å²) in [5.41, 5.74) is 2.06. The Morgan fingerprint density at radius 3 is 2.59 bits per heavy atom. The van der Waals surface area contributed by atoms with E-state index in [0.29, 0.717) is 41.1 Å². The third-order valence-corrected chi connectivity index (χ3v) is 7.81. The van der Waals surface area contributed by atoms with E-state index in [4.69, 9.17) is 11.6 Å². The number of fused-ring (bicyclic) bond motifs is 4. The predicted molar refractivity (Wildman–Crippen MR) is 156 cm³/mol. The molecule has 0 saturated carbocycles. The fourth-order valence-corrected chi connectivity index (χ4v) is 5.42. The van der Waals surface area contributed by atoms with E-state index in [1.54, 1.807) is 6.20 Å². The Morgan fingerprint density at radius 2 is 1.82 bits per heavy atom. The number of aromatic nitrogens is 7. The Balaban J connectivity index is 1.42. The highest BCUT2D eigenvalue weighted by atomic mass is 35.5. The Morgan fingerprint density at radius 1 is 1.00 bits per heavy atom. The van der Waals surface area contributed by atoms with E-state index in [1.165, 1.54) is 41.4 Å². The van der Waals surface area contributed by atoms with Crippen LogP contribution in [-0.2, 0) is 11.0 Å². The number of anilines is 1. The maximum Gasteiger partial charge on any atom is 0.436 e. The van der Waals surface area contributed by atoms with Gasteiger partial charge in [0.25, 0.3) is 5.56 Å². The predicted octanol–water partition coefficient (Wildman–Crippen LogP) is 5.97. The van der Waals surface area contributed by atoms with Crippen LogP contribution in [0.3, 0.4) is 0 Å². The van der Waals surface area contributed by atoms with Crippen molar-refractivity contribution in [3.8, 4) is 28.1 Å². The molecule has 1 aliphatic rings. The molecule has 224 valence electrons. The fourth-order valence-electron chi connectivity index (χ4n) is 5.25. The summed E-state index contributed by atoms with van der Waals surface area (Å²) in [6, 6.07) is 13.0. The van der Waals surface area contributed by atoms with Gasteiger partial charge in [0.1, 0.15) is 0 Å². The van der Waals surface area contributed by atoms with Crippen LogP contribution in [0.4, 0.5) is 18.9 Å². The minimum Gasteiger partial charge on any atom is -0.324 e. The number of carbonyl (C=O) groups is 1. The van der Waals surface area contributed by atoms with Gasteiger partial charge in [-0.15, -0.1) is 5.10 Å². The molecule has 1 aliphatic heterocycles. The SMILES string of the molecule is C[C@@H]1CCC[C@H](n2cnc(-c3cc(Cl)ccc3-n3cc(C(F)(F)F)nn3)cc2=O)c2cccc(c2)-c2cnncc2NC1=O. The van der Waals surface area contributed by atoms with E-state index >= 15 is 0 Å². The van der Waals surface area contributed by atoms with Crippen molar-refractivity contribution >= 4 is 23.2 Å². The molecule has 2 aromatic carbocycles. The zero-order valence-electron chi connectivity index (χ0n) is 23.2. The maximum absolute atomic E-state index is 13.7. The van der Waals surface area contributed by atoms with Gasteiger partial charge in [-0.25, -0.2) is 9.67 Å². The number of rotatable bonds is 3. The molecule has 6 rings (SSSR count). The second kappa shape index (κ2) is 11.6. The summed E-state index contributed by atoms with van der Waals surface area (Å²) in [5, 5.41) is 18.0. The van der Waals surface area contributed by atoms with Gasteiger partial charge in [-0.1, -0.05) is 48.4 Å². The average Bonchev–Trinajstić information content (AvgIpc) is 3.51. The van der Waals surface area contributed by atoms with E-state index in [9.17, 15) is 22.8 Å². The third kappa shape index (κ3) is 5.82. The molecule has 1 N–H and O–H groups in total. The highest BCUT2D eigenvalue weighted by Crippen LogP contribution is 2.34. The van der Waals surface area contributed by atoms with Crippen LogP contribution in [0.25, 0.3) is 28.1 Å². The summed E-state index contributed by atoms with van der Waals surface area (Å²) >= 11 is 6.23. The molecule has 1 amide bonds. The first-order chi connectivity index (χ1) is 21.1. The molecule has 2 bridgehead atoms. The quantitative estimate of drug-likeness (QED) is 0.264. The second-order valence-corrected chi connectivity index (χ2v) is 10.9. The third-order valence-electron chi connectivity index (χ3n) is 7.57. The standard InChI is InChI=1S/C30H24ClF3N8O2/c1-17-4-2-7-25(19-6-3-5-18(10-19)22-13-36-37-14-24(22)38-29(17)44)41-16-35-23(12-28(41)43)21-11-20(31)8-9-26(21)42-15-27(39-40-42)30(32,33)34/h3,5-6,8-17,25H,2,4,7H2,1H3,(H,38,44)/t17-,25+/m1/s1. The summed E-state index contributed by atoms with van der Waals surface area (Å²) in [4.78, 5) is 31.1. The van der Waals surface area contributed by atoms with Crippen molar-refractivity contribution in [2.45, 2.75) is 38.4 Å². The highest BCUT2D eigenvalue weighted by Gasteiger charge is 2.35. The maximum atomic E-state index is 13.7. The molecule has 44 heavy (non-hydrogen) atoms. The molecule has 10 nitrogen and oxygen atoms in total. The van der Waals surface area contributed by atoms with Gasteiger partial charge in [0, 0.05) is 28.1 Å². The lowest BCUT2D eigenvalue weighted by atomic mass is 9.93.